The fourth-order valence-corrected chi connectivity index (χ4v) is 2.30. The summed E-state index contributed by atoms with van der Waals surface area (Å²) < 4.78 is 0. The van der Waals surface area contributed by atoms with Crippen molar-refractivity contribution < 1.29 is 4.79 Å². The largest absolute Gasteiger partial charge is 0.350 e. The average Bonchev–Trinajstić information content (AvgIpc) is 2.59. The minimum Gasteiger partial charge on any atom is -0.350 e. The molecular weight excluding hydrogens is 274 g/mol. The summed E-state index contributed by atoms with van der Waals surface area (Å²) in [5.41, 5.74) is 3.06. The number of nitrogens with one attached hydrogen (secondary N) is 1. The predicted octanol–water partition coefficient (Wildman–Crippen LogP) is 3.16. The molecule has 2 aromatic carbocycles. The number of benzene rings is 2. The van der Waals surface area contributed by atoms with Crippen molar-refractivity contribution in [2.45, 2.75) is 12.8 Å². The zero-order chi connectivity index (χ0) is 15.4. The number of rotatable bonds is 4. The average molecular weight is 291 g/mol. The summed E-state index contributed by atoms with van der Waals surface area (Å²) in [6, 6.07) is 17.6. The summed E-state index contributed by atoms with van der Waals surface area (Å²) in [5.74, 6) is 0.0552. The van der Waals surface area contributed by atoms with Crippen LogP contribution in [0.2, 0.25) is 0 Å². The Morgan fingerprint density at radius 3 is 2.50 bits per heavy atom. The lowest BCUT2D eigenvalue weighted by Gasteiger charge is -2.12. The van der Waals surface area contributed by atoms with Gasteiger partial charge in [-0.05, 0) is 23.6 Å². The van der Waals surface area contributed by atoms with Crippen molar-refractivity contribution in [2.75, 3.05) is 6.54 Å². The Morgan fingerprint density at radius 1 is 1.05 bits per heavy atom. The van der Waals surface area contributed by atoms with E-state index in [2.05, 4.69) is 34.3 Å². The Morgan fingerprint density at radius 2 is 1.73 bits per heavy atom. The van der Waals surface area contributed by atoms with Crippen LogP contribution in [-0.2, 0) is 0 Å². The van der Waals surface area contributed by atoms with E-state index >= 15 is 0 Å². The van der Waals surface area contributed by atoms with Crippen molar-refractivity contribution in [1.29, 1.82) is 0 Å². The second-order valence-corrected chi connectivity index (χ2v) is 5.27. The maximum Gasteiger partial charge on any atom is 0.271 e. The van der Waals surface area contributed by atoms with E-state index in [1.54, 1.807) is 0 Å². The molecule has 1 aromatic heterocycles. The molecule has 1 N–H and O–H groups in total. The van der Waals surface area contributed by atoms with Gasteiger partial charge in [-0.2, -0.15) is 0 Å². The van der Waals surface area contributed by atoms with Crippen LogP contribution in [0.15, 0.2) is 60.8 Å². The maximum atomic E-state index is 12.2. The number of para-hydroxylation sites is 2. The number of carbonyl (C=O) groups excluding carboxylic acids is 1. The van der Waals surface area contributed by atoms with Crippen LogP contribution in [0.1, 0.15) is 28.9 Å². The lowest BCUT2D eigenvalue weighted by molar-refractivity contribution is 0.0946. The molecule has 22 heavy (non-hydrogen) atoms. The molecule has 1 heterocycles. The summed E-state index contributed by atoms with van der Waals surface area (Å²) >= 11 is 0. The van der Waals surface area contributed by atoms with Crippen LogP contribution < -0.4 is 5.32 Å². The Balaban J connectivity index is 1.68. The van der Waals surface area contributed by atoms with E-state index in [-0.39, 0.29) is 11.8 Å². The van der Waals surface area contributed by atoms with Crippen LogP contribution in [0.3, 0.4) is 0 Å². The van der Waals surface area contributed by atoms with E-state index in [9.17, 15) is 4.79 Å². The third kappa shape index (κ3) is 3.11. The molecule has 0 aliphatic heterocycles. The van der Waals surface area contributed by atoms with Crippen LogP contribution in [0, 0.1) is 0 Å². The Bertz CT molecular complexity index is 786. The van der Waals surface area contributed by atoms with Crippen molar-refractivity contribution in [3.8, 4) is 0 Å². The van der Waals surface area contributed by atoms with Gasteiger partial charge in [0.25, 0.3) is 5.91 Å². The number of carbonyl (C=O) groups is 1. The van der Waals surface area contributed by atoms with Crippen molar-refractivity contribution in [2.24, 2.45) is 0 Å². The summed E-state index contributed by atoms with van der Waals surface area (Å²) in [5, 5.41) is 2.92. The zero-order valence-electron chi connectivity index (χ0n) is 12.4. The SMILES string of the molecule is C[C@H](CNC(=O)c1cnc2ccccc2n1)c1ccccc1. The van der Waals surface area contributed by atoms with E-state index in [1.807, 2.05) is 42.5 Å². The van der Waals surface area contributed by atoms with E-state index in [4.69, 9.17) is 0 Å². The summed E-state index contributed by atoms with van der Waals surface area (Å²) in [7, 11) is 0. The number of hydrogen-bond donors (Lipinski definition) is 1. The first-order valence-electron chi connectivity index (χ1n) is 7.29. The number of amides is 1. The topological polar surface area (TPSA) is 54.9 Å². The second kappa shape index (κ2) is 6.35. The third-order valence-corrected chi connectivity index (χ3v) is 3.62. The van der Waals surface area contributed by atoms with Crippen LogP contribution in [0.5, 0.6) is 0 Å². The first-order chi connectivity index (χ1) is 10.7. The van der Waals surface area contributed by atoms with Gasteiger partial charge >= 0.3 is 0 Å². The Labute approximate surface area is 129 Å². The van der Waals surface area contributed by atoms with Gasteiger partial charge < -0.3 is 5.32 Å². The van der Waals surface area contributed by atoms with Crippen LogP contribution in [0.4, 0.5) is 0 Å². The molecule has 4 nitrogen and oxygen atoms in total. The first-order valence-corrected chi connectivity index (χ1v) is 7.29. The summed E-state index contributed by atoms with van der Waals surface area (Å²) in [6.07, 6.45) is 1.52. The number of aromatic nitrogens is 2. The van der Waals surface area contributed by atoms with E-state index in [1.165, 1.54) is 11.8 Å². The molecular formula is C18H17N3O. The zero-order valence-corrected chi connectivity index (χ0v) is 12.4. The first kappa shape index (κ1) is 14.2. The molecule has 0 unspecified atom stereocenters. The normalized spacial score (nSPS) is 12.0. The van der Waals surface area contributed by atoms with E-state index in [0.717, 1.165) is 11.0 Å². The molecule has 0 aliphatic carbocycles. The third-order valence-electron chi connectivity index (χ3n) is 3.62. The lowest BCUT2D eigenvalue weighted by atomic mass is 10.0. The van der Waals surface area contributed by atoms with Gasteiger partial charge in [-0.25, -0.2) is 4.98 Å². The molecule has 4 heteroatoms. The monoisotopic (exact) mass is 291 g/mol. The van der Waals surface area contributed by atoms with Crippen LogP contribution in [-0.4, -0.2) is 22.4 Å². The van der Waals surface area contributed by atoms with Gasteiger partial charge in [0.2, 0.25) is 0 Å². The molecule has 3 aromatic rings. The van der Waals surface area contributed by atoms with Gasteiger partial charge in [-0.1, -0.05) is 49.4 Å². The van der Waals surface area contributed by atoms with Gasteiger partial charge in [0, 0.05) is 6.54 Å². The van der Waals surface area contributed by atoms with Crippen LogP contribution >= 0.6 is 0 Å². The quantitative estimate of drug-likeness (QED) is 0.803. The highest BCUT2D eigenvalue weighted by atomic mass is 16.1. The van der Waals surface area contributed by atoms with E-state index in [0.29, 0.717) is 12.2 Å². The Hall–Kier alpha value is -2.75. The standard InChI is InChI=1S/C18H17N3O/c1-13(14-7-3-2-4-8-14)11-20-18(22)17-12-19-15-9-5-6-10-16(15)21-17/h2-10,12-13H,11H2,1H3,(H,20,22)/t13-/m1/s1. The molecule has 1 atom stereocenters. The van der Waals surface area contributed by atoms with Crippen molar-refractivity contribution >= 4 is 16.9 Å². The number of hydrogen-bond acceptors (Lipinski definition) is 3. The molecule has 0 spiro atoms. The predicted molar refractivity (Wildman–Crippen MR) is 86.7 cm³/mol. The van der Waals surface area contributed by atoms with Gasteiger partial charge in [0.05, 0.1) is 17.2 Å². The summed E-state index contributed by atoms with van der Waals surface area (Å²) in [4.78, 5) is 20.8. The fraction of sp³-hybridized carbons (Fsp3) is 0.167. The number of nitrogens with zero attached hydrogens (tertiary/aromatic N) is 2. The molecule has 3 rings (SSSR count). The minimum absolute atomic E-state index is 0.193. The smallest absolute Gasteiger partial charge is 0.271 e. The molecule has 0 aliphatic rings. The minimum atomic E-state index is -0.193. The van der Waals surface area contributed by atoms with Gasteiger partial charge in [-0.15, -0.1) is 0 Å². The van der Waals surface area contributed by atoms with Gasteiger partial charge in [0.15, 0.2) is 0 Å². The molecule has 0 fully saturated rings. The molecule has 1 amide bonds. The van der Waals surface area contributed by atoms with Gasteiger partial charge in [-0.3, -0.25) is 9.78 Å². The van der Waals surface area contributed by atoms with Crippen LogP contribution in [0.25, 0.3) is 11.0 Å². The highest BCUT2D eigenvalue weighted by Gasteiger charge is 2.11. The molecule has 0 radical (unpaired) electrons. The highest BCUT2D eigenvalue weighted by molar-refractivity contribution is 5.93. The van der Waals surface area contributed by atoms with E-state index < -0.39 is 0 Å². The fourth-order valence-electron chi connectivity index (χ4n) is 2.30. The van der Waals surface area contributed by atoms with Crippen molar-refractivity contribution in [1.82, 2.24) is 15.3 Å². The lowest BCUT2D eigenvalue weighted by Crippen LogP contribution is -2.28. The highest BCUT2D eigenvalue weighted by Crippen LogP contribution is 2.13. The molecule has 0 saturated carbocycles. The summed E-state index contributed by atoms with van der Waals surface area (Å²) in [6.45, 7) is 2.65. The molecule has 0 bridgehead atoms. The molecule has 110 valence electrons. The molecule has 0 saturated heterocycles. The van der Waals surface area contributed by atoms with Crippen molar-refractivity contribution in [3.05, 3.63) is 72.1 Å². The Kier molecular flexibility index (Phi) is 4.10. The van der Waals surface area contributed by atoms with Gasteiger partial charge in [0.1, 0.15) is 5.69 Å². The second-order valence-electron chi connectivity index (χ2n) is 5.27. The maximum absolute atomic E-state index is 12.2. The van der Waals surface area contributed by atoms with Crippen molar-refractivity contribution in [3.63, 3.8) is 0 Å². The number of fused-ring (bicyclic) bond motifs is 1.